The molecule has 0 saturated carbocycles. The van der Waals surface area contributed by atoms with Gasteiger partial charge in [-0.2, -0.15) is 0 Å². The number of likely N-dealkylation sites (tertiary alicyclic amines) is 1. The van der Waals surface area contributed by atoms with Crippen LogP contribution in [0, 0.1) is 5.92 Å². The van der Waals surface area contributed by atoms with Gasteiger partial charge < -0.3 is 14.6 Å². The fourth-order valence-electron chi connectivity index (χ4n) is 2.88. The Morgan fingerprint density at radius 3 is 3.10 bits per heavy atom. The summed E-state index contributed by atoms with van der Waals surface area (Å²) in [4.78, 5) is 19.3. The fourth-order valence-corrected chi connectivity index (χ4v) is 3.57. The van der Waals surface area contributed by atoms with Crippen molar-refractivity contribution in [3.63, 3.8) is 0 Å². The van der Waals surface area contributed by atoms with E-state index >= 15 is 0 Å². The number of piperidine rings is 1. The zero-order valence-electron chi connectivity index (χ0n) is 12.0. The van der Waals surface area contributed by atoms with Crippen LogP contribution in [0.15, 0.2) is 29.9 Å². The second-order valence-corrected chi connectivity index (χ2v) is 6.42. The SMILES string of the molecule is Cn1ccnc1C(O)C1CCCN(C(=O)c2cccs2)C1. The van der Waals surface area contributed by atoms with Crippen LogP contribution in [-0.4, -0.2) is 38.6 Å². The number of aliphatic hydroxyl groups excluding tert-OH is 1. The normalized spacial score (nSPS) is 20.5. The van der Waals surface area contributed by atoms with Crippen molar-refractivity contribution in [3.05, 3.63) is 40.6 Å². The summed E-state index contributed by atoms with van der Waals surface area (Å²) in [5.41, 5.74) is 0. The van der Waals surface area contributed by atoms with E-state index < -0.39 is 6.10 Å². The number of rotatable bonds is 3. The zero-order chi connectivity index (χ0) is 14.8. The van der Waals surface area contributed by atoms with Gasteiger partial charge in [0.15, 0.2) is 0 Å². The van der Waals surface area contributed by atoms with E-state index in [0.29, 0.717) is 12.4 Å². The van der Waals surface area contributed by atoms with Gasteiger partial charge in [-0.05, 0) is 24.3 Å². The van der Waals surface area contributed by atoms with Gasteiger partial charge in [-0.25, -0.2) is 4.98 Å². The first-order valence-electron chi connectivity index (χ1n) is 7.15. The van der Waals surface area contributed by atoms with Gasteiger partial charge in [0.25, 0.3) is 5.91 Å². The summed E-state index contributed by atoms with van der Waals surface area (Å²) >= 11 is 1.46. The molecule has 0 aromatic carbocycles. The Morgan fingerprint density at radius 2 is 2.43 bits per heavy atom. The molecule has 112 valence electrons. The van der Waals surface area contributed by atoms with E-state index in [1.54, 1.807) is 6.20 Å². The second kappa shape index (κ2) is 5.99. The van der Waals surface area contributed by atoms with Crippen LogP contribution in [0.4, 0.5) is 0 Å². The Bertz CT molecular complexity index is 608. The molecule has 0 aliphatic carbocycles. The highest BCUT2D eigenvalue weighted by Gasteiger charge is 2.31. The molecule has 1 saturated heterocycles. The number of aliphatic hydroxyl groups is 1. The number of hydrogen-bond acceptors (Lipinski definition) is 4. The third kappa shape index (κ3) is 2.87. The summed E-state index contributed by atoms with van der Waals surface area (Å²) in [7, 11) is 1.88. The quantitative estimate of drug-likeness (QED) is 0.944. The summed E-state index contributed by atoms with van der Waals surface area (Å²) in [6.07, 6.45) is 4.74. The van der Waals surface area contributed by atoms with E-state index in [9.17, 15) is 9.90 Å². The van der Waals surface area contributed by atoms with E-state index in [1.807, 2.05) is 40.2 Å². The van der Waals surface area contributed by atoms with E-state index in [-0.39, 0.29) is 11.8 Å². The molecule has 1 amide bonds. The first-order chi connectivity index (χ1) is 10.2. The monoisotopic (exact) mass is 305 g/mol. The largest absolute Gasteiger partial charge is 0.385 e. The number of carbonyl (C=O) groups is 1. The maximum atomic E-state index is 12.4. The molecule has 0 radical (unpaired) electrons. The van der Waals surface area contributed by atoms with Gasteiger partial charge in [0, 0.05) is 38.4 Å². The van der Waals surface area contributed by atoms with Crippen molar-refractivity contribution in [2.24, 2.45) is 13.0 Å². The van der Waals surface area contributed by atoms with Crippen LogP contribution in [0.2, 0.25) is 0 Å². The van der Waals surface area contributed by atoms with E-state index in [1.165, 1.54) is 11.3 Å². The summed E-state index contributed by atoms with van der Waals surface area (Å²) in [5.74, 6) is 0.788. The molecular weight excluding hydrogens is 286 g/mol. The van der Waals surface area contributed by atoms with Gasteiger partial charge in [-0.3, -0.25) is 4.79 Å². The maximum absolute atomic E-state index is 12.4. The summed E-state index contributed by atoms with van der Waals surface area (Å²) in [6, 6.07) is 3.74. The molecule has 2 unspecified atom stereocenters. The summed E-state index contributed by atoms with van der Waals surface area (Å²) in [6.45, 7) is 1.35. The predicted molar refractivity (Wildman–Crippen MR) is 81.1 cm³/mol. The molecule has 1 fully saturated rings. The van der Waals surface area contributed by atoms with Crippen molar-refractivity contribution < 1.29 is 9.90 Å². The smallest absolute Gasteiger partial charge is 0.263 e. The van der Waals surface area contributed by atoms with Crippen LogP contribution in [0.25, 0.3) is 0 Å². The van der Waals surface area contributed by atoms with Crippen molar-refractivity contribution in [2.75, 3.05) is 13.1 Å². The number of nitrogens with zero attached hydrogens (tertiary/aromatic N) is 3. The number of imidazole rings is 1. The van der Waals surface area contributed by atoms with Crippen molar-refractivity contribution in [2.45, 2.75) is 18.9 Å². The summed E-state index contributed by atoms with van der Waals surface area (Å²) in [5, 5.41) is 12.4. The molecule has 2 aromatic heterocycles. The Kier molecular flexibility index (Phi) is 4.07. The molecule has 0 bridgehead atoms. The number of aromatic nitrogens is 2. The highest BCUT2D eigenvalue weighted by molar-refractivity contribution is 7.12. The Morgan fingerprint density at radius 1 is 1.57 bits per heavy atom. The molecule has 3 rings (SSSR count). The van der Waals surface area contributed by atoms with Crippen LogP contribution in [0.5, 0.6) is 0 Å². The van der Waals surface area contributed by atoms with Gasteiger partial charge in [0.05, 0.1) is 4.88 Å². The van der Waals surface area contributed by atoms with Gasteiger partial charge in [0.2, 0.25) is 0 Å². The standard InChI is InChI=1S/C15H19N3O2S/c1-17-8-6-16-14(17)13(19)11-4-2-7-18(10-11)15(20)12-5-3-9-21-12/h3,5-6,8-9,11,13,19H,2,4,7,10H2,1H3. The van der Waals surface area contributed by atoms with Crippen molar-refractivity contribution in [3.8, 4) is 0 Å². The van der Waals surface area contributed by atoms with Crippen molar-refractivity contribution >= 4 is 17.2 Å². The molecule has 2 aromatic rings. The molecule has 1 N–H and O–H groups in total. The number of hydrogen-bond donors (Lipinski definition) is 1. The molecule has 21 heavy (non-hydrogen) atoms. The number of amides is 1. The van der Waals surface area contributed by atoms with Gasteiger partial charge in [0.1, 0.15) is 11.9 Å². The topological polar surface area (TPSA) is 58.4 Å². The molecular formula is C15H19N3O2S. The van der Waals surface area contributed by atoms with Crippen LogP contribution in [0.1, 0.15) is 34.4 Å². The van der Waals surface area contributed by atoms with Crippen LogP contribution < -0.4 is 0 Å². The minimum absolute atomic E-state index is 0.0452. The summed E-state index contributed by atoms with van der Waals surface area (Å²) < 4.78 is 1.84. The second-order valence-electron chi connectivity index (χ2n) is 5.47. The minimum Gasteiger partial charge on any atom is -0.385 e. The zero-order valence-corrected chi connectivity index (χ0v) is 12.8. The number of thiophene rings is 1. The average Bonchev–Trinajstić information content (AvgIpc) is 3.17. The minimum atomic E-state index is -0.621. The number of carbonyl (C=O) groups excluding carboxylic acids is 1. The lowest BCUT2D eigenvalue weighted by molar-refractivity contribution is 0.0361. The highest BCUT2D eigenvalue weighted by atomic mass is 32.1. The molecule has 0 spiro atoms. The third-order valence-corrected chi connectivity index (χ3v) is 4.90. The highest BCUT2D eigenvalue weighted by Crippen LogP contribution is 2.29. The van der Waals surface area contributed by atoms with E-state index in [0.717, 1.165) is 24.3 Å². The molecule has 5 nitrogen and oxygen atoms in total. The van der Waals surface area contributed by atoms with Crippen LogP contribution in [-0.2, 0) is 7.05 Å². The maximum Gasteiger partial charge on any atom is 0.263 e. The molecule has 6 heteroatoms. The van der Waals surface area contributed by atoms with E-state index in [4.69, 9.17) is 0 Å². The Labute approximate surface area is 127 Å². The first kappa shape index (κ1) is 14.3. The lowest BCUT2D eigenvalue weighted by Gasteiger charge is -2.34. The number of aryl methyl sites for hydroxylation is 1. The lowest BCUT2D eigenvalue weighted by Crippen LogP contribution is -2.41. The molecule has 3 heterocycles. The van der Waals surface area contributed by atoms with Crippen LogP contribution in [0.3, 0.4) is 0 Å². The molecule has 2 atom stereocenters. The predicted octanol–water partition coefficient (Wildman–Crippen LogP) is 2.07. The Hall–Kier alpha value is -1.66. The van der Waals surface area contributed by atoms with Crippen molar-refractivity contribution in [1.29, 1.82) is 0 Å². The van der Waals surface area contributed by atoms with E-state index in [2.05, 4.69) is 4.98 Å². The van der Waals surface area contributed by atoms with Crippen LogP contribution >= 0.6 is 11.3 Å². The third-order valence-electron chi connectivity index (χ3n) is 4.05. The molecule has 1 aliphatic heterocycles. The first-order valence-corrected chi connectivity index (χ1v) is 8.03. The van der Waals surface area contributed by atoms with Gasteiger partial charge in [-0.15, -0.1) is 11.3 Å². The molecule has 1 aliphatic rings. The van der Waals surface area contributed by atoms with Gasteiger partial charge >= 0.3 is 0 Å². The lowest BCUT2D eigenvalue weighted by atomic mass is 9.92. The van der Waals surface area contributed by atoms with Crippen molar-refractivity contribution in [1.82, 2.24) is 14.5 Å². The fraction of sp³-hybridized carbons (Fsp3) is 0.467. The van der Waals surface area contributed by atoms with Gasteiger partial charge in [-0.1, -0.05) is 6.07 Å². The average molecular weight is 305 g/mol. The Balaban J connectivity index is 1.71.